The van der Waals surface area contributed by atoms with Gasteiger partial charge in [0.15, 0.2) is 0 Å². The molecule has 23 heavy (non-hydrogen) atoms. The molecule has 0 aliphatic heterocycles. The first-order chi connectivity index (χ1) is 10.7. The molecule has 0 aromatic heterocycles. The van der Waals surface area contributed by atoms with Gasteiger partial charge in [-0.1, -0.05) is 24.3 Å². The number of ether oxygens (including phenoxy) is 2. The molecule has 0 aliphatic carbocycles. The minimum Gasteiger partial charge on any atom is -0.463 e. The first-order valence-electron chi connectivity index (χ1n) is 7.63. The molecule has 5 heteroatoms. The number of alkyl carbamates (subject to hydrolysis) is 1. The van der Waals surface area contributed by atoms with Crippen molar-refractivity contribution in [3.8, 4) is 0 Å². The number of carbonyl (C=O) groups is 2. The Hall–Kier alpha value is -2.30. The Morgan fingerprint density at radius 1 is 1.22 bits per heavy atom. The van der Waals surface area contributed by atoms with Crippen LogP contribution >= 0.6 is 0 Å². The molecule has 0 bridgehead atoms. The van der Waals surface area contributed by atoms with Crippen LogP contribution in [-0.2, 0) is 20.8 Å². The molecular weight excluding hydrogens is 294 g/mol. The summed E-state index contributed by atoms with van der Waals surface area (Å²) >= 11 is 0. The highest BCUT2D eigenvalue weighted by Crippen LogP contribution is 2.19. The van der Waals surface area contributed by atoms with Crippen molar-refractivity contribution in [2.75, 3.05) is 6.61 Å². The van der Waals surface area contributed by atoms with Gasteiger partial charge in [-0.15, -0.1) is 0 Å². The van der Waals surface area contributed by atoms with Gasteiger partial charge in [0.05, 0.1) is 6.61 Å². The lowest BCUT2D eigenvalue weighted by Crippen LogP contribution is -2.32. The van der Waals surface area contributed by atoms with Gasteiger partial charge in [0.1, 0.15) is 5.60 Å². The second-order valence-corrected chi connectivity index (χ2v) is 6.09. The fourth-order valence-corrected chi connectivity index (χ4v) is 1.98. The molecule has 126 valence electrons. The van der Waals surface area contributed by atoms with E-state index in [0.717, 1.165) is 16.7 Å². The number of esters is 1. The standard InChI is InChI=1S/C18H25NO4/c1-6-22-16(20)11-13(2)15-10-8-7-9-14(15)12-19-17(21)23-18(3,4)5/h7-11H,6,12H2,1-5H3,(H,19,21)/b13-11+. The lowest BCUT2D eigenvalue weighted by Gasteiger charge is -2.20. The number of hydrogen-bond donors (Lipinski definition) is 1. The summed E-state index contributed by atoms with van der Waals surface area (Å²) in [6.45, 7) is 9.69. The number of amides is 1. The topological polar surface area (TPSA) is 64.6 Å². The quantitative estimate of drug-likeness (QED) is 0.664. The molecule has 0 heterocycles. The van der Waals surface area contributed by atoms with Gasteiger partial charge in [0, 0.05) is 12.6 Å². The van der Waals surface area contributed by atoms with E-state index in [4.69, 9.17) is 9.47 Å². The molecule has 0 saturated carbocycles. The molecule has 1 aromatic carbocycles. The van der Waals surface area contributed by atoms with Crippen LogP contribution in [0.15, 0.2) is 30.3 Å². The average Bonchev–Trinajstić information content (AvgIpc) is 2.43. The minimum absolute atomic E-state index is 0.319. The third kappa shape index (κ3) is 7.00. The van der Waals surface area contributed by atoms with Gasteiger partial charge in [0.25, 0.3) is 0 Å². The molecule has 0 saturated heterocycles. The van der Waals surface area contributed by atoms with E-state index >= 15 is 0 Å². The zero-order chi connectivity index (χ0) is 17.5. The van der Waals surface area contributed by atoms with Crippen molar-refractivity contribution in [1.82, 2.24) is 5.32 Å². The van der Waals surface area contributed by atoms with Crippen LogP contribution in [0.2, 0.25) is 0 Å². The van der Waals surface area contributed by atoms with Crippen LogP contribution in [0.5, 0.6) is 0 Å². The molecule has 0 radical (unpaired) electrons. The SMILES string of the molecule is CCOC(=O)/C=C(\C)c1ccccc1CNC(=O)OC(C)(C)C. The van der Waals surface area contributed by atoms with E-state index < -0.39 is 11.7 Å². The number of nitrogens with one attached hydrogen (secondary N) is 1. The Morgan fingerprint density at radius 3 is 2.48 bits per heavy atom. The van der Waals surface area contributed by atoms with Crippen molar-refractivity contribution >= 4 is 17.6 Å². The van der Waals surface area contributed by atoms with E-state index in [9.17, 15) is 9.59 Å². The second-order valence-electron chi connectivity index (χ2n) is 6.09. The predicted molar refractivity (Wildman–Crippen MR) is 89.8 cm³/mol. The summed E-state index contributed by atoms with van der Waals surface area (Å²) in [5.74, 6) is -0.375. The van der Waals surface area contributed by atoms with Crippen molar-refractivity contribution in [2.45, 2.75) is 46.8 Å². The van der Waals surface area contributed by atoms with Crippen molar-refractivity contribution in [1.29, 1.82) is 0 Å². The van der Waals surface area contributed by atoms with Crippen LogP contribution < -0.4 is 5.32 Å². The Morgan fingerprint density at radius 2 is 1.87 bits per heavy atom. The summed E-state index contributed by atoms with van der Waals surface area (Å²) in [4.78, 5) is 23.3. The monoisotopic (exact) mass is 319 g/mol. The molecule has 0 spiro atoms. The third-order valence-corrected chi connectivity index (χ3v) is 2.89. The van der Waals surface area contributed by atoms with Gasteiger partial charge in [-0.2, -0.15) is 0 Å². The van der Waals surface area contributed by atoms with E-state index in [0.29, 0.717) is 13.2 Å². The predicted octanol–water partition coefficient (Wildman–Crippen LogP) is 3.68. The van der Waals surface area contributed by atoms with Crippen molar-refractivity contribution < 1.29 is 19.1 Å². The van der Waals surface area contributed by atoms with E-state index in [2.05, 4.69) is 5.32 Å². The van der Waals surface area contributed by atoms with E-state index in [-0.39, 0.29) is 5.97 Å². The van der Waals surface area contributed by atoms with Gasteiger partial charge >= 0.3 is 12.1 Å². The summed E-state index contributed by atoms with van der Waals surface area (Å²) < 4.78 is 10.1. The summed E-state index contributed by atoms with van der Waals surface area (Å²) in [7, 11) is 0. The molecule has 0 aliphatic rings. The maximum atomic E-state index is 11.8. The van der Waals surface area contributed by atoms with Crippen molar-refractivity contribution in [2.24, 2.45) is 0 Å². The second kappa shape index (κ2) is 8.36. The molecule has 1 N–H and O–H groups in total. The fourth-order valence-electron chi connectivity index (χ4n) is 1.98. The molecule has 1 amide bonds. The molecule has 1 aromatic rings. The summed E-state index contributed by atoms with van der Waals surface area (Å²) in [5.41, 5.74) is 2.03. The molecule has 5 nitrogen and oxygen atoms in total. The van der Waals surface area contributed by atoms with Gasteiger partial charge in [-0.3, -0.25) is 0 Å². The molecule has 0 fully saturated rings. The third-order valence-electron chi connectivity index (χ3n) is 2.89. The van der Waals surface area contributed by atoms with Crippen LogP contribution in [-0.4, -0.2) is 24.3 Å². The Balaban J connectivity index is 2.82. The van der Waals surface area contributed by atoms with E-state index in [1.165, 1.54) is 6.08 Å². The zero-order valence-corrected chi connectivity index (χ0v) is 14.4. The summed E-state index contributed by atoms with van der Waals surface area (Å²) in [5, 5.41) is 2.72. The average molecular weight is 319 g/mol. The summed E-state index contributed by atoms with van der Waals surface area (Å²) in [6.07, 6.45) is 0.981. The molecule has 0 unspecified atom stereocenters. The number of hydrogen-bond acceptors (Lipinski definition) is 4. The maximum Gasteiger partial charge on any atom is 0.407 e. The lowest BCUT2D eigenvalue weighted by atomic mass is 10.0. The summed E-state index contributed by atoms with van der Waals surface area (Å²) in [6, 6.07) is 7.56. The highest BCUT2D eigenvalue weighted by atomic mass is 16.6. The Kier molecular flexibility index (Phi) is 6.82. The zero-order valence-electron chi connectivity index (χ0n) is 14.4. The van der Waals surface area contributed by atoms with Crippen LogP contribution in [0.1, 0.15) is 45.7 Å². The first-order valence-corrected chi connectivity index (χ1v) is 7.63. The Bertz CT molecular complexity index is 585. The highest BCUT2D eigenvalue weighted by Gasteiger charge is 2.16. The van der Waals surface area contributed by atoms with Crippen molar-refractivity contribution in [3.05, 3.63) is 41.5 Å². The first kappa shape index (κ1) is 18.7. The van der Waals surface area contributed by atoms with Gasteiger partial charge in [-0.05, 0) is 51.3 Å². The van der Waals surface area contributed by atoms with E-state index in [1.54, 1.807) is 6.92 Å². The highest BCUT2D eigenvalue weighted by molar-refractivity contribution is 5.91. The van der Waals surface area contributed by atoms with Crippen LogP contribution in [0, 0.1) is 0 Å². The van der Waals surface area contributed by atoms with Gasteiger partial charge in [0.2, 0.25) is 0 Å². The maximum absolute atomic E-state index is 11.8. The van der Waals surface area contributed by atoms with Crippen LogP contribution in [0.25, 0.3) is 5.57 Å². The Labute approximate surface area is 137 Å². The fraction of sp³-hybridized carbons (Fsp3) is 0.444. The van der Waals surface area contributed by atoms with Crippen LogP contribution in [0.3, 0.4) is 0 Å². The van der Waals surface area contributed by atoms with Gasteiger partial charge < -0.3 is 14.8 Å². The minimum atomic E-state index is -0.538. The van der Waals surface area contributed by atoms with Crippen LogP contribution in [0.4, 0.5) is 4.79 Å². The molecular formula is C18H25NO4. The number of allylic oxidation sites excluding steroid dienone is 1. The van der Waals surface area contributed by atoms with E-state index in [1.807, 2.05) is 52.0 Å². The van der Waals surface area contributed by atoms with Crippen molar-refractivity contribution in [3.63, 3.8) is 0 Å². The molecule has 1 rings (SSSR count). The molecule has 0 atom stereocenters. The number of carbonyl (C=O) groups excluding carboxylic acids is 2. The largest absolute Gasteiger partial charge is 0.463 e. The van der Waals surface area contributed by atoms with Gasteiger partial charge in [-0.25, -0.2) is 9.59 Å². The normalized spacial score (nSPS) is 11.8. The smallest absolute Gasteiger partial charge is 0.407 e. The number of rotatable bonds is 5. The number of benzene rings is 1. The lowest BCUT2D eigenvalue weighted by molar-refractivity contribution is -0.137.